The molecule has 1 unspecified atom stereocenters. The minimum Gasteiger partial charge on any atom is -0.370 e. The van der Waals surface area contributed by atoms with Crippen molar-refractivity contribution in [1.29, 1.82) is 0 Å². The first-order chi connectivity index (χ1) is 14.6. The molecule has 7 heteroatoms. The lowest BCUT2D eigenvalue weighted by atomic mass is 9.94. The van der Waals surface area contributed by atoms with Crippen LogP contribution in [0, 0.1) is 11.8 Å². The number of hydrogen-bond donors (Lipinski definition) is 0. The lowest BCUT2D eigenvalue weighted by Crippen LogP contribution is -2.39. The summed E-state index contributed by atoms with van der Waals surface area (Å²) in [5.41, 5.74) is 1.87. The molecule has 1 atom stereocenters. The number of hydrogen-bond acceptors (Lipinski definition) is 5. The molecule has 7 nitrogen and oxygen atoms in total. The maximum absolute atomic E-state index is 12.7. The first-order valence-electron chi connectivity index (χ1n) is 11.0. The van der Waals surface area contributed by atoms with Crippen LogP contribution in [0.4, 0.5) is 5.69 Å². The molecule has 160 valence electrons. The van der Waals surface area contributed by atoms with E-state index in [9.17, 15) is 9.59 Å². The Balaban J connectivity index is 1.29. The molecule has 1 amide bonds. The first kappa shape index (κ1) is 20.6. The number of aromatic nitrogens is 3. The van der Waals surface area contributed by atoms with Gasteiger partial charge in [0.25, 0.3) is 5.56 Å². The maximum Gasteiger partial charge on any atom is 0.268 e. The molecular weight excluding hydrogens is 378 g/mol. The van der Waals surface area contributed by atoms with E-state index in [0.717, 1.165) is 50.3 Å². The van der Waals surface area contributed by atoms with Crippen molar-refractivity contribution in [3.05, 3.63) is 52.7 Å². The topological polar surface area (TPSA) is 71.3 Å². The second kappa shape index (κ2) is 9.41. The molecule has 1 saturated carbocycles. The number of carbonyl (C=O) groups excluding carboxylic acids is 1. The van der Waals surface area contributed by atoms with Gasteiger partial charge in [-0.1, -0.05) is 6.07 Å². The van der Waals surface area contributed by atoms with Crippen molar-refractivity contribution in [1.82, 2.24) is 19.7 Å². The number of anilines is 1. The van der Waals surface area contributed by atoms with Gasteiger partial charge in [0, 0.05) is 64.0 Å². The third kappa shape index (κ3) is 5.46. The summed E-state index contributed by atoms with van der Waals surface area (Å²) >= 11 is 0. The third-order valence-corrected chi connectivity index (χ3v) is 6.19. The van der Waals surface area contributed by atoms with Crippen LogP contribution in [0.1, 0.15) is 37.8 Å². The normalized spacial score (nSPS) is 19.0. The van der Waals surface area contributed by atoms with Crippen LogP contribution in [-0.4, -0.2) is 52.3 Å². The monoisotopic (exact) mass is 409 g/mol. The lowest BCUT2D eigenvalue weighted by molar-refractivity contribution is -0.130. The smallest absolute Gasteiger partial charge is 0.268 e. The summed E-state index contributed by atoms with van der Waals surface area (Å²) in [5.74, 6) is 1.11. The van der Waals surface area contributed by atoms with E-state index in [0.29, 0.717) is 24.8 Å². The van der Waals surface area contributed by atoms with Crippen molar-refractivity contribution >= 4 is 11.6 Å². The number of likely N-dealkylation sites (N-methyl/N-ethyl adjacent to an activating group) is 1. The molecule has 1 aliphatic carbocycles. The third-order valence-electron chi connectivity index (χ3n) is 6.19. The molecule has 0 radical (unpaired) electrons. The summed E-state index contributed by atoms with van der Waals surface area (Å²) in [5, 5.41) is 4.38. The van der Waals surface area contributed by atoms with Crippen molar-refractivity contribution in [3.63, 3.8) is 0 Å². The van der Waals surface area contributed by atoms with Gasteiger partial charge in [0.2, 0.25) is 5.91 Å². The van der Waals surface area contributed by atoms with E-state index in [1.54, 1.807) is 16.9 Å². The molecule has 3 heterocycles. The van der Waals surface area contributed by atoms with Gasteiger partial charge in [-0.05, 0) is 49.7 Å². The second-order valence-electron chi connectivity index (χ2n) is 8.72. The summed E-state index contributed by atoms with van der Waals surface area (Å²) in [4.78, 5) is 33.4. The van der Waals surface area contributed by atoms with Gasteiger partial charge in [0.1, 0.15) is 0 Å². The summed E-state index contributed by atoms with van der Waals surface area (Å²) in [7, 11) is 1.87. The minimum atomic E-state index is -0.0214. The maximum atomic E-state index is 12.7. The fraction of sp³-hybridized carbons (Fsp3) is 0.565. The largest absolute Gasteiger partial charge is 0.370 e. The zero-order valence-electron chi connectivity index (χ0n) is 17.7. The van der Waals surface area contributed by atoms with E-state index < -0.39 is 0 Å². The second-order valence-corrected chi connectivity index (χ2v) is 8.72. The molecule has 0 spiro atoms. The van der Waals surface area contributed by atoms with Gasteiger partial charge in [-0.25, -0.2) is 4.68 Å². The molecule has 4 rings (SSSR count). The van der Waals surface area contributed by atoms with E-state index in [1.807, 2.05) is 36.3 Å². The summed E-state index contributed by atoms with van der Waals surface area (Å²) in [6.45, 7) is 3.12. The molecule has 2 fully saturated rings. The molecule has 0 N–H and O–H groups in total. The quantitative estimate of drug-likeness (QED) is 0.669. The van der Waals surface area contributed by atoms with Crippen LogP contribution in [0.3, 0.4) is 0 Å². The Morgan fingerprint density at radius 3 is 2.83 bits per heavy atom. The number of pyridine rings is 1. The highest BCUT2D eigenvalue weighted by Crippen LogP contribution is 2.30. The van der Waals surface area contributed by atoms with Gasteiger partial charge in [-0.15, -0.1) is 0 Å². The summed E-state index contributed by atoms with van der Waals surface area (Å²) in [6, 6.07) is 7.57. The van der Waals surface area contributed by atoms with Gasteiger partial charge in [0.05, 0.1) is 11.9 Å². The van der Waals surface area contributed by atoms with Crippen molar-refractivity contribution in [2.45, 2.75) is 45.1 Å². The van der Waals surface area contributed by atoms with E-state index in [-0.39, 0.29) is 11.5 Å². The number of piperidine rings is 1. The molecule has 1 aliphatic heterocycles. The van der Waals surface area contributed by atoms with Gasteiger partial charge in [-0.2, -0.15) is 5.10 Å². The Morgan fingerprint density at radius 2 is 2.10 bits per heavy atom. The number of amides is 1. The fourth-order valence-corrected chi connectivity index (χ4v) is 4.10. The molecule has 2 aromatic heterocycles. The van der Waals surface area contributed by atoms with E-state index in [2.05, 4.69) is 15.0 Å². The van der Waals surface area contributed by atoms with Crippen LogP contribution in [0.2, 0.25) is 0 Å². The minimum absolute atomic E-state index is 0.0214. The molecule has 30 heavy (non-hydrogen) atoms. The molecule has 2 aliphatic rings. The van der Waals surface area contributed by atoms with Crippen LogP contribution in [0.5, 0.6) is 0 Å². The van der Waals surface area contributed by atoms with E-state index in [4.69, 9.17) is 0 Å². The van der Waals surface area contributed by atoms with Crippen molar-refractivity contribution in [3.8, 4) is 0 Å². The van der Waals surface area contributed by atoms with Crippen LogP contribution in [-0.2, 0) is 17.8 Å². The average Bonchev–Trinajstić information content (AvgIpc) is 3.58. The Hall–Kier alpha value is -2.70. The predicted octanol–water partition coefficient (Wildman–Crippen LogP) is 2.36. The Bertz CT molecular complexity index is 909. The highest BCUT2D eigenvalue weighted by atomic mass is 16.2. The van der Waals surface area contributed by atoms with Crippen LogP contribution in [0.25, 0.3) is 0 Å². The number of rotatable bonds is 8. The molecule has 0 aromatic carbocycles. The molecule has 1 saturated heterocycles. The van der Waals surface area contributed by atoms with Gasteiger partial charge in [0.15, 0.2) is 0 Å². The molecule has 0 bridgehead atoms. The molecular formula is C23H31N5O2. The predicted molar refractivity (Wildman–Crippen MR) is 116 cm³/mol. The van der Waals surface area contributed by atoms with Crippen molar-refractivity contribution in [2.75, 3.05) is 31.6 Å². The van der Waals surface area contributed by atoms with Crippen molar-refractivity contribution < 1.29 is 4.79 Å². The zero-order valence-corrected chi connectivity index (χ0v) is 17.7. The van der Waals surface area contributed by atoms with Gasteiger partial charge < -0.3 is 9.80 Å². The van der Waals surface area contributed by atoms with Crippen LogP contribution >= 0.6 is 0 Å². The highest BCUT2D eigenvalue weighted by Gasteiger charge is 2.25. The molecule has 2 aromatic rings. The Morgan fingerprint density at radius 1 is 1.23 bits per heavy atom. The lowest BCUT2D eigenvalue weighted by Gasteiger charge is -2.34. The number of carbonyl (C=O) groups is 1. The zero-order chi connectivity index (χ0) is 20.9. The highest BCUT2D eigenvalue weighted by molar-refractivity contribution is 5.76. The Kier molecular flexibility index (Phi) is 6.45. The summed E-state index contributed by atoms with van der Waals surface area (Å²) < 4.78 is 1.59. The van der Waals surface area contributed by atoms with Crippen LogP contribution in [0.15, 0.2) is 41.5 Å². The van der Waals surface area contributed by atoms with E-state index in [1.165, 1.54) is 12.8 Å². The first-order valence-corrected chi connectivity index (χ1v) is 11.0. The van der Waals surface area contributed by atoms with E-state index >= 15 is 0 Å². The van der Waals surface area contributed by atoms with Crippen LogP contribution < -0.4 is 10.5 Å². The van der Waals surface area contributed by atoms with Crippen molar-refractivity contribution in [2.24, 2.45) is 11.8 Å². The Labute approximate surface area is 177 Å². The van der Waals surface area contributed by atoms with Gasteiger partial charge in [-0.3, -0.25) is 14.6 Å². The fourth-order valence-electron chi connectivity index (χ4n) is 4.10. The number of nitrogens with zero attached hydrogens (tertiary/aromatic N) is 5. The van der Waals surface area contributed by atoms with Gasteiger partial charge >= 0.3 is 0 Å². The average molecular weight is 410 g/mol. The SMILES string of the molecule is CN(CCc1ccccn1)C(=O)CC1CCCN(c2cnn(CC3CC3)c(=O)c2)C1. The summed E-state index contributed by atoms with van der Waals surface area (Å²) in [6.07, 6.45) is 9.38. The standard InChI is InChI=1S/C23H31N5O2/c1-26(12-9-20-6-2-3-10-24-20)22(29)13-19-5-4-11-27(16-19)21-14-23(30)28(25-15-21)17-18-7-8-18/h2-3,6,10,14-15,18-19H,4-5,7-9,11-13,16-17H2,1H3.